The first kappa shape index (κ1) is 17.8. The molecule has 136 valence electrons. The number of nitrogens with zero attached hydrogens (tertiary/aromatic N) is 1. The lowest BCUT2D eigenvalue weighted by Gasteiger charge is -2.18. The molecule has 1 aliphatic heterocycles. The Hall–Kier alpha value is -3.02. The Labute approximate surface area is 153 Å². The molecule has 0 bridgehead atoms. The third kappa shape index (κ3) is 3.79. The van der Waals surface area contributed by atoms with Gasteiger partial charge in [-0.1, -0.05) is 6.07 Å². The second-order valence-corrected chi connectivity index (χ2v) is 6.35. The van der Waals surface area contributed by atoms with Gasteiger partial charge in [-0.3, -0.25) is 9.59 Å². The van der Waals surface area contributed by atoms with E-state index in [0.717, 1.165) is 23.4 Å². The molecular formula is C20H23N3O3. The van der Waals surface area contributed by atoms with E-state index in [1.807, 2.05) is 43.3 Å². The lowest BCUT2D eigenvalue weighted by molar-refractivity contribution is -0.117. The third-order valence-electron chi connectivity index (χ3n) is 4.47. The summed E-state index contributed by atoms with van der Waals surface area (Å²) in [5.74, 6) is 0.608. The predicted octanol–water partition coefficient (Wildman–Crippen LogP) is 3.04. The Morgan fingerprint density at radius 3 is 2.69 bits per heavy atom. The molecular weight excluding hydrogens is 330 g/mol. The summed E-state index contributed by atoms with van der Waals surface area (Å²) in [6.07, 6.45) is 0.828. The molecule has 3 rings (SSSR count). The van der Waals surface area contributed by atoms with Gasteiger partial charge < -0.3 is 20.3 Å². The van der Waals surface area contributed by atoms with Crippen molar-refractivity contribution in [3.8, 4) is 5.75 Å². The molecule has 1 aliphatic rings. The average molecular weight is 353 g/mol. The van der Waals surface area contributed by atoms with Crippen molar-refractivity contribution in [2.45, 2.75) is 26.3 Å². The van der Waals surface area contributed by atoms with Crippen LogP contribution in [0.25, 0.3) is 0 Å². The van der Waals surface area contributed by atoms with Gasteiger partial charge in [0.05, 0.1) is 7.11 Å². The quantitative estimate of drug-likeness (QED) is 0.867. The minimum absolute atomic E-state index is 0.0514. The monoisotopic (exact) mass is 353 g/mol. The Bertz CT molecular complexity index is 835. The van der Waals surface area contributed by atoms with Crippen molar-refractivity contribution in [1.29, 1.82) is 0 Å². The van der Waals surface area contributed by atoms with Crippen LogP contribution in [0.15, 0.2) is 42.5 Å². The molecule has 26 heavy (non-hydrogen) atoms. The Morgan fingerprint density at radius 1 is 1.15 bits per heavy atom. The van der Waals surface area contributed by atoms with Gasteiger partial charge in [-0.25, -0.2) is 0 Å². The maximum atomic E-state index is 12.4. The number of hydrogen-bond donors (Lipinski definition) is 2. The van der Waals surface area contributed by atoms with Gasteiger partial charge in [0, 0.05) is 36.6 Å². The lowest BCUT2D eigenvalue weighted by atomic mass is 10.1. The molecule has 1 heterocycles. The molecule has 1 atom stereocenters. The van der Waals surface area contributed by atoms with Gasteiger partial charge >= 0.3 is 0 Å². The number of carbonyl (C=O) groups excluding carboxylic acids is 2. The zero-order valence-electron chi connectivity index (χ0n) is 15.2. The number of amides is 2. The van der Waals surface area contributed by atoms with Gasteiger partial charge in [0.15, 0.2) is 0 Å². The van der Waals surface area contributed by atoms with Crippen molar-refractivity contribution in [2.24, 2.45) is 0 Å². The van der Waals surface area contributed by atoms with Crippen LogP contribution >= 0.6 is 0 Å². The fraction of sp³-hybridized carbons (Fsp3) is 0.300. The molecule has 0 aliphatic carbocycles. The molecule has 0 radical (unpaired) electrons. The van der Waals surface area contributed by atoms with Gasteiger partial charge in [-0.05, 0) is 49.2 Å². The van der Waals surface area contributed by atoms with Gasteiger partial charge in [-0.2, -0.15) is 0 Å². The molecule has 6 nitrogen and oxygen atoms in total. The SMILES string of the molecule is COc1cccc(NC(=O)[C@@H](C)Nc2ccc3c(c2)CCN3C(C)=O)c1. The van der Waals surface area contributed by atoms with Crippen LogP contribution in [0, 0.1) is 0 Å². The summed E-state index contributed by atoms with van der Waals surface area (Å²) in [5.41, 5.74) is 3.62. The minimum Gasteiger partial charge on any atom is -0.497 e. The first-order valence-electron chi connectivity index (χ1n) is 8.60. The molecule has 0 saturated carbocycles. The Balaban J connectivity index is 1.65. The maximum absolute atomic E-state index is 12.4. The maximum Gasteiger partial charge on any atom is 0.246 e. The molecule has 0 spiro atoms. The summed E-state index contributed by atoms with van der Waals surface area (Å²) in [6, 6.07) is 12.7. The third-order valence-corrected chi connectivity index (χ3v) is 4.47. The van der Waals surface area contributed by atoms with Crippen LogP contribution in [-0.4, -0.2) is 31.5 Å². The number of methoxy groups -OCH3 is 1. The molecule has 0 saturated heterocycles. The van der Waals surface area contributed by atoms with E-state index in [1.54, 1.807) is 25.0 Å². The first-order valence-corrected chi connectivity index (χ1v) is 8.60. The standard InChI is InChI=1S/C20H23N3O3/c1-13(20(25)22-16-5-4-6-18(12-16)26-3)21-17-7-8-19-15(11-17)9-10-23(19)14(2)24/h4-8,11-13,21H,9-10H2,1-3H3,(H,22,25)/t13-/m1/s1. The summed E-state index contributed by atoms with van der Waals surface area (Å²) < 4.78 is 5.17. The number of benzene rings is 2. The van der Waals surface area contributed by atoms with E-state index >= 15 is 0 Å². The van der Waals surface area contributed by atoms with Gasteiger partial charge in [0.25, 0.3) is 0 Å². The number of carbonyl (C=O) groups is 2. The van der Waals surface area contributed by atoms with E-state index in [0.29, 0.717) is 18.0 Å². The number of nitrogens with one attached hydrogen (secondary N) is 2. The Kier molecular flexibility index (Phi) is 5.11. The van der Waals surface area contributed by atoms with Gasteiger partial charge in [0.1, 0.15) is 11.8 Å². The highest BCUT2D eigenvalue weighted by molar-refractivity contribution is 5.97. The van der Waals surface area contributed by atoms with Crippen molar-refractivity contribution >= 4 is 28.9 Å². The van der Waals surface area contributed by atoms with Crippen molar-refractivity contribution in [3.63, 3.8) is 0 Å². The molecule has 0 fully saturated rings. The highest BCUT2D eigenvalue weighted by Gasteiger charge is 2.22. The fourth-order valence-corrected chi connectivity index (χ4v) is 3.09. The van der Waals surface area contributed by atoms with E-state index in [4.69, 9.17) is 4.74 Å². The van der Waals surface area contributed by atoms with E-state index in [2.05, 4.69) is 10.6 Å². The van der Waals surface area contributed by atoms with Crippen LogP contribution in [0.5, 0.6) is 5.75 Å². The van der Waals surface area contributed by atoms with Crippen molar-refractivity contribution in [2.75, 3.05) is 29.2 Å². The number of hydrogen-bond acceptors (Lipinski definition) is 4. The van der Waals surface area contributed by atoms with Crippen LogP contribution in [0.3, 0.4) is 0 Å². The molecule has 0 aromatic heterocycles. The zero-order valence-corrected chi connectivity index (χ0v) is 15.2. The molecule has 6 heteroatoms. The zero-order chi connectivity index (χ0) is 18.7. The van der Waals surface area contributed by atoms with Crippen LogP contribution in [0.4, 0.5) is 17.1 Å². The van der Waals surface area contributed by atoms with Crippen LogP contribution < -0.4 is 20.3 Å². The van der Waals surface area contributed by atoms with E-state index in [-0.39, 0.29) is 11.8 Å². The summed E-state index contributed by atoms with van der Waals surface area (Å²) in [4.78, 5) is 25.8. The van der Waals surface area contributed by atoms with Crippen LogP contribution in [-0.2, 0) is 16.0 Å². The first-order chi connectivity index (χ1) is 12.5. The summed E-state index contributed by atoms with van der Waals surface area (Å²) in [5, 5.41) is 6.09. The molecule has 2 aromatic rings. The predicted molar refractivity (Wildman–Crippen MR) is 103 cm³/mol. The van der Waals surface area contributed by atoms with Gasteiger partial charge in [-0.15, -0.1) is 0 Å². The van der Waals surface area contributed by atoms with Crippen molar-refractivity contribution in [3.05, 3.63) is 48.0 Å². The minimum atomic E-state index is -0.412. The number of fused-ring (bicyclic) bond motifs is 1. The van der Waals surface area contributed by atoms with Crippen molar-refractivity contribution in [1.82, 2.24) is 0 Å². The second-order valence-electron chi connectivity index (χ2n) is 6.35. The smallest absolute Gasteiger partial charge is 0.246 e. The Morgan fingerprint density at radius 2 is 1.96 bits per heavy atom. The molecule has 0 unspecified atom stereocenters. The topological polar surface area (TPSA) is 70.7 Å². The van der Waals surface area contributed by atoms with Crippen molar-refractivity contribution < 1.29 is 14.3 Å². The van der Waals surface area contributed by atoms with Crippen LogP contribution in [0.1, 0.15) is 19.4 Å². The van der Waals surface area contributed by atoms with Gasteiger partial charge in [0.2, 0.25) is 11.8 Å². The highest BCUT2D eigenvalue weighted by atomic mass is 16.5. The molecule has 2 amide bonds. The summed E-state index contributed by atoms with van der Waals surface area (Å²) >= 11 is 0. The number of rotatable bonds is 5. The van der Waals surface area contributed by atoms with E-state index in [1.165, 1.54) is 0 Å². The molecule has 2 N–H and O–H groups in total. The largest absolute Gasteiger partial charge is 0.497 e. The second kappa shape index (κ2) is 7.47. The number of anilines is 3. The molecule has 2 aromatic carbocycles. The number of ether oxygens (including phenoxy) is 1. The van der Waals surface area contributed by atoms with Crippen LogP contribution in [0.2, 0.25) is 0 Å². The van der Waals surface area contributed by atoms with E-state index in [9.17, 15) is 9.59 Å². The van der Waals surface area contributed by atoms with E-state index < -0.39 is 6.04 Å². The average Bonchev–Trinajstić information content (AvgIpc) is 3.05. The fourth-order valence-electron chi connectivity index (χ4n) is 3.09. The lowest BCUT2D eigenvalue weighted by Crippen LogP contribution is -2.31. The highest BCUT2D eigenvalue weighted by Crippen LogP contribution is 2.30. The summed E-state index contributed by atoms with van der Waals surface area (Å²) in [7, 11) is 1.59. The normalized spacial score (nSPS) is 13.7. The summed E-state index contributed by atoms with van der Waals surface area (Å²) in [6.45, 7) is 4.09.